The molecule has 2 rings (SSSR count). The molecule has 0 radical (unpaired) electrons. The summed E-state index contributed by atoms with van der Waals surface area (Å²) in [7, 11) is 0. The number of nitrogens with one attached hydrogen (secondary N) is 3. The van der Waals surface area contributed by atoms with Crippen LogP contribution in [0.3, 0.4) is 0 Å². The predicted molar refractivity (Wildman–Crippen MR) is 100 cm³/mol. The van der Waals surface area contributed by atoms with Crippen LogP contribution >= 0.6 is 24.0 Å². The quantitative estimate of drug-likeness (QED) is 0.686. The molecule has 0 saturated carbocycles. The molecule has 1 aromatic rings. The van der Waals surface area contributed by atoms with Gasteiger partial charge in [0.1, 0.15) is 0 Å². The van der Waals surface area contributed by atoms with E-state index in [-0.39, 0.29) is 24.2 Å². The molecule has 1 aromatic carbocycles. The van der Waals surface area contributed by atoms with Crippen LogP contribution in [0.4, 0.5) is 5.69 Å². The summed E-state index contributed by atoms with van der Waals surface area (Å²) in [6.45, 7) is 4.60. The molecule has 0 aromatic heterocycles. The van der Waals surface area contributed by atoms with Gasteiger partial charge in [0.15, 0.2) is 0 Å². The lowest BCUT2D eigenvalue weighted by molar-refractivity contribution is -0.116. The van der Waals surface area contributed by atoms with Gasteiger partial charge >= 0.3 is 0 Å². The first kappa shape index (κ1) is 20.7. The summed E-state index contributed by atoms with van der Waals surface area (Å²) in [4.78, 5) is 24.3. The van der Waals surface area contributed by atoms with E-state index in [0.29, 0.717) is 35.2 Å². The van der Waals surface area contributed by atoms with E-state index in [2.05, 4.69) is 16.0 Å². The maximum absolute atomic E-state index is 12.2. The van der Waals surface area contributed by atoms with Crippen LogP contribution in [-0.2, 0) is 4.79 Å². The monoisotopic (exact) mass is 373 g/mol. The van der Waals surface area contributed by atoms with Gasteiger partial charge in [-0.1, -0.05) is 18.5 Å². The third kappa shape index (κ3) is 6.30. The van der Waals surface area contributed by atoms with Gasteiger partial charge in [-0.2, -0.15) is 0 Å². The van der Waals surface area contributed by atoms with Gasteiger partial charge < -0.3 is 16.0 Å². The summed E-state index contributed by atoms with van der Waals surface area (Å²) in [6, 6.07) is 4.92. The van der Waals surface area contributed by atoms with Gasteiger partial charge in [-0.3, -0.25) is 9.59 Å². The van der Waals surface area contributed by atoms with Crippen molar-refractivity contribution in [2.45, 2.75) is 32.6 Å². The van der Waals surface area contributed by atoms with Crippen molar-refractivity contribution in [2.75, 3.05) is 25.0 Å². The molecule has 1 aliphatic heterocycles. The topological polar surface area (TPSA) is 70.2 Å². The normalized spacial score (nSPS) is 16.3. The SMILES string of the molecule is CCCNC(=O)c1ccc(Cl)cc1NC(=O)CCC1CCNC1.Cl. The Kier molecular flexibility index (Phi) is 9.11. The van der Waals surface area contributed by atoms with Crippen LogP contribution in [0, 0.1) is 5.92 Å². The standard InChI is InChI=1S/C17H24ClN3O2.ClH/c1-2-8-20-17(23)14-5-4-13(18)10-15(14)21-16(22)6-3-12-7-9-19-11-12;/h4-5,10,12,19H,2-3,6-9,11H2,1H3,(H,20,23)(H,21,22);1H. The van der Waals surface area contributed by atoms with Gasteiger partial charge in [0.2, 0.25) is 5.91 Å². The van der Waals surface area contributed by atoms with Crippen LogP contribution in [0.15, 0.2) is 18.2 Å². The number of rotatable bonds is 7. The molecule has 1 saturated heterocycles. The Morgan fingerprint density at radius 1 is 1.38 bits per heavy atom. The molecule has 1 heterocycles. The molecule has 2 amide bonds. The van der Waals surface area contributed by atoms with Crippen molar-refractivity contribution in [3.8, 4) is 0 Å². The van der Waals surface area contributed by atoms with E-state index in [1.807, 2.05) is 6.92 Å². The molecular formula is C17H25Cl2N3O2. The highest BCUT2D eigenvalue weighted by molar-refractivity contribution is 6.31. The lowest BCUT2D eigenvalue weighted by Gasteiger charge is -2.13. The van der Waals surface area contributed by atoms with Crippen molar-refractivity contribution in [2.24, 2.45) is 5.92 Å². The molecule has 1 atom stereocenters. The lowest BCUT2D eigenvalue weighted by atomic mass is 10.0. The van der Waals surface area contributed by atoms with Crippen LogP contribution in [0.5, 0.6) is 0 Å². The maximum atomic E-state index is 12.2. The zero-order chi connectivity index (χ0) is 16.7. The van der Waals surface area contributed by atoms with E-state index >= 15 is 0 Å². The van der Waals surface area contributed by atoms with Crippen molar-refractivity contribution in [1.29, 1.82) is 0 Å². The summed E-state index contributed by atoms with van der Waals surface area (Å²) in [5, 5.41) is 9.43. The van der Waals surface area contributed by atoms with E-state index < -0.39 is 0 Å². The summed E-state index contributed by atoms with van der Waals surface area (Å²) in [5.74, 6) is 0.287. The van der Waals surface area contributed by atoms with Crippen molar-refractivity contribution in [3.05, 3.63) is 28.8 Å². The maximum Gasteiger partial charge on any atom is 0.253 e. The summed E-state index contributed by atoms with van der Waals surface area (Å²) in [5.41, 5.74) is 0.916. The highest BCUT2D eigenvalue weighted by Gasteiger charge is 2.17. The minimum atomic E-state index is -0.196. The molecular weight excluding hydrogens is 349 g/mol. The fourth-order valence-electron chi connectivity index (χ4n) is 2.66. The molecule has 1 aliphatic rings. The highest BCUT2D eigenvalue weighted by Crippen LogP contribution is 2.22. The third-order valence-corrected chi connectivity index (χ3v) is 4.21. The van der Waals surface area contributed by atoms with Crippen molar-refractivity contribution in [1.82, 2.24) is 10.6 Å². The number of hydrogen-bond acceptors (Lipinski definition) is 3. The van der Waals surface area contributed by atoms with Gasteiger partial charge in [-0.25, -0.2) is 0 Å². The predicted octanol–water partition coefficient (Wildman–Crippen LogP) is 3.23. The molecule has 134 valence electrons. The largest absolute Gasteiger partial charge is 0.352 e. The number of anilines is 1. The van der Waals surface area contributed by atoms with E-state index in [4.69, 9.17) is 11.6 Å². The molecule has 0 aliphatic carbocycles. The average Bonchev–Trinajstić information content (AvgIpc) is 3.04. The van der Waals surface area contributed by atoms with Crippen LogP contribution in [-0.4, -0.2) is 31.4 Å². The minimum Gasteiger partial charge on any atom is -0.352 e. The number of hydrogen-bond donors (Lipinski definition) is 3. The lowest BCUT2D eigenvalue weighted by Crippen LogP contribution is -2.26. The summed E-state index contributed by atoms with van der Waals surface area (Å²) >= 11 is 6.00. The zero-order valence-electron chi connectivity index (χ0n) is 13.9. The smallest absolute Gasteiger partial charge is 0.253 e. The van der Waals surface area contributed by atoms with E-state index in [9.17, 15) is 9.59 Å². The average molecular weight is 374 g/mol. The highest BCUT2D eigenvalue weighted by atomic mass is 35.5. The first-order valence-corrected chi connectivity index (χ1v) is 8.56. The van der Waals surface area contributed by atoms with Crippen LogP contribution in [0.1, 0.15) is 43.0 Å². The Morgan fingerprint density at radius 2 is 2.17 bits per heavy atom. The number of carbonyl (C=O) groups excluding carboxylic acids is 2. The third-order valence-electron chi connectivity index (χ3n) is 3.98. The molecule has 0 spiro atoms. The first-order chi connectivity index (χ1) is 11.1. The van der Waals surface area contributed by atoms with Crippen molar-refractivity contribution in [3.63, 3.8) is 0 Å². The number of halogens is 2. The van der Waals surface area contributed by atoms with Gasteiger partial charge in [0.25, 0.3) is 5.91 Å². The summed E-state index contributed by atoms with van der Waals surface area (Å²) < 4.78 is 0. The fourth-order valence-corrected chi connectivity index (χ4v) is 2.83. The van der Waals surface area contributed by atoms with Gasteiger partial charge in [-0.05, 0) is 56.5 Å². The number of benzene rings is 1. The second kappa shape index (κ2) is 10.5. The van der Waals surface area contributed by atoms with Crippen LogP contribution < -0.4 is 16.0 Å². The van der Waals surface area contributed by atoms with E-state index in [1.54, 1.807) is 18.2 Å². The van der Waals surface area contributed by atoms with Gasteiger partial charge in [0, 0.05) is 18.0 Å². The molecule has 3 N–H and O–H groups in total. The fraction of sp³-hybridized carbons (Fsp3) is 0.529. The van der Waals surface area contributed by atoms with Gasteiger partial charge in [0.05, 0.1) is 11.3 Å². The van der Waals surface area contributed by atoms with E-state index in [0.717, 1.165) is 32.4 Å². The van der Waals surface area contributed by atoms with Gasteiger partial charge in [-0.15, -0.1) is 12.4 Å². The molecule has 1 unspecified atom stereocenters. The first-order valence-electron chi connectivity index (χ1n) is 8.18. The Labute approximate surface area is 154 Å². The number of amides is 2. The zero-order valence-corrected chi connectivity index (χ0v) is 15.4. The van der Waals surface area contributed by atoms with E-state index in [1.165, 1.54) is 0 Å². The molecule has 7 heteroatoms. The van der Waals surface area contributed by atoms with Crippen LogP contribution in [0.2, 0.25) is 5.02 Å². The van der Waals surface area contributed by atoms with Crippen LogP contribution in [0.25, 0.3) is 0 Å². The Balaban J connectivity index is 0.00000288. The Morgan fingerprint density at radius 3 is 2.83 bits per heavy atom. The Bertz CT molecular complexity index is 561. The summed E-state index contributed by atoms with van der Waals surface area (Å²) in [6.07, 6.45) is 3.29. The molecule has 0 bridgehead atoms. The minimum absolute atomic E-state index is 0. The van der Waals surface area contributed by atoms with Crippen molar-refractivity contribution < 1.29 is 9.59 Å². The molecule has 1 fully saturated rings. The second-order valence-corrected chi connectivity index (χ2v) is 6.33. The van der Waals surface area contributed by atoms with Crippen molar-refractivity contribution >= 4 is 41.5 Å². The Hall–Kier alpha value is -1.30. The second-order valence-electron chi connectivity index (χ2n) is 5.89. The molecule has 5 nitrogen and oxygen atoms in total. The molecule has 24 heavy (non-hydrogen) atoms. The number of carbonyl (C=O) groups is 2.